The second kappa shape index (κ2) is 6.38. The number of carbonyl (C=O) groups is 2. The number of anilines is 1. The van der Waals surface area contributed by atoms with Crippen LogP contribution in [0, 0.1) is 0 Å². The smallest absolute Gasteiger partial charge is 0.332 e. The van der Waals surface area contributed by atoms with Crippen LogP contribution < -0.4 is 10.6 Å². The number of para-hydroxylation sites is 1. The van der Waals surface area contributed by atoms with E-state index < -0.39 is 12.1 Å². The summed E-state index contributed by atoms with van der Waals surface area (Å²) in [4.78, 5) is 22.6. The summed E-state index contributed by atoms with van der Waals surface area (Å²) in [6, 6.07) is 7.65. The highest BCUT2D eigenvalue weighted by molar-refractivity contribution is 5.86. The number of fused-ring (bicyclic) bond motifs is 1. The summed E-state index contributed by atoms with van der Waals surface area (Å²) < 4.78 is 0. The third-order valence-electron chi connectivity index (χ3n) is 3.40. The number of nitrogens with one attached hydrogen (secondary N) is 2. The molecular weight excluding hydrogens is 260 g/mol. The molecule has 4 N–H and O–H groups in total. The van der Waals surface area contributed by atoms with Crippen molar-refractivity contribution < 1.29 is 19.8 Å². The molecule has 1 aromatic rings. The molecular formula is C14H18N2O4. The highest BCUT2D eigenvalue weighted by Crippen LogP contribution is 2.31. The molecule has 0 spiro atoms. The van der Waals surface area contributed by atoms with Gasteiger partial charge in [-0.25, -0.2) is 4.79 Å². The largest absolute Gasteiger partial charge is 0.479 e. The lowest BCUT2D eigenvalue weighted by Crippen LogP contribution is -2.35. The zero-order valence-corrected chi connectivity index (χ0v) is 11.0. The third-order valence-corrected chi connectivity index (χ3v) is 3.40. The minimum absolute atomic E-state index is 0.00763. The van der Waals surface area contributed by atoms with Crippen LogP contribution >= 0.6 is 0 Å². The topological polar surface area (TPSA) is 98.7 Å². The molecule has 0 saturated heterocycles. The molecule has 0 radical (unpaired) electrons. The minimum Gasteiger partial charge on any atom is -0.479 e. The summed E-state index contributed by atoms with van der Waals surface area (Å²) in [5, 5.41) is 23.6. The maximum absolute atomic E-state index is 12.1. The van der Waals surface area contributed by atoms with Crippen molar-refractivity contribution in [2.45, 2.75) is 24.9 Å². The maximum Gasteiger partial charge on any atom is 0.332 e. The summed E-state index contributed by atoms with van der Waals surface area (Å²) in [7, 11) is 0. The summed E-state index contributed by atoms with van der Waals surface area (Å²) >= 11 is 0. The monoisotopic (exact) mass is 278 g/mol. The van der Waals surface area contributed by atoms with Gasteiger partial charge in [0, 0.05) is 25.2 Å². The molecule has 0 aromatic heterocycles. The van der Waals surface area contributed by atoms with E-state index >= 15 is 0 Å². The first-order valence-corrected chi connectivity index (χ1v) is 6.61. The van der Waals surface area contributed by atoms with E-state index in [2.05, 4.69) is 10.6 Å². The first-order valence-electron chi connectivity index (χ1n) is 6.61. The van der Waals surface area contributed by atoms with Crippen LogP contribution in [-0.2, 0) is 9.59 Å². The fraction of sp³-hybridized carbons (Fsp3) is 0.429. The van der Waals surface area contributed by atoms with Crippen molar-refractivity contribution in [1.82, 2.24) is 5.32 Å². The lowest BCUT2D eigenvalue weighted by atomic mass is 9.90. The van der Waals surface area contributed by atoms with Crippen LogP contribution in [0.15, 0.2) is 24.3 Å². The van der Waals surface area contributed by atoms with Crippen LogP contribution in [0.5, 0.6) is 0 Å². The number of amides is 1. The Morgan fingerprint density at radius 1 is 1.40 bits per heavy atom. The summed E-state index contributed by atoms with van der Waals surface area (Å²) in [5.41, 5.74) is 1.92. The molecule has 0 fully saturated rings. The van der Waals surface area contributed by atoms with Crippen LogP contribution in [0.1, 0.15) is 24.3 Å². The van der Waals surface area contributed by atoms with Gasteiger partial charge in [-0.3, -0.25) is 4.79 Å². The van der Waals surface area contributed by atoms with Crippen molar-refractivity contribution in [2.24, 2.45) is 0 Å². The number of aliphatic carboxylic acids is 1. The molecule has 0 saturated carbocycles. The molecule has 6 heteroatoms. The van der Waals surface area contributed by atoms with Crippen molar-refractivity contribution in [3.05, 3.63) is 29.8 Å². The fourth-order valence-electron chi connectivity index (χ4n) is 2.32. The first kappa shape index (κ1) is 14.3. The van der Waals surface area contributed by atoms with Crippen LogP contribution in [0.3, 0.4) is 0 Å². The number of rotatable bonds is 5. The lowest BCUT2D eigenvalue weighted by molar-refractivity contribution is -0.147. The first-order chi connectivity index (χ1) is 9.59. The van der Waals surface area contributed by atoms with Crippen molar-refractivity contribution in [3.63, 3.8) is 0 Å². The predicted octanol–water partition coefficient (Wildman–Crippen LogP) is 0.538. The van der Waals surface area contributed by atoms with Crippen LogP contribution in [0.4, 0.5) is 5.69 Å². The molecule has 6 nitrogen and oxygen atoms in total. The molecule has 0 bridgehead atoms. The zero-order valence-electron chi connectivity index (χ0n) is 11.0. The second-order valence-electron chi connectivity index (χ2n) is 4.79. The number of carbonyl (C=O) groups excluding carboxylic acids is 1. The van der Waals surface area contributed by atoms with Gasteiger partial charge in [0.15, 0.2) is 6.10 Å². The van der Waals surface area contributed by atoms with Gasteiger partial charge in [0.2, 0.25) is 5.91 Å². The number of aliphatic hydroxyl groups is 1. The minimum atomic E-state index is -1.43. The number of benzene rings is 1. The summed E-state index contributed by atoms with van der Waals surface area (Å²) in [6.07, 6.45) is -0.728. The number of carboxylic acids is 1. The van der Waals surface area contributed by atoms with E-state index in [1.807, 2.05) is 24.3 Å². The van der Waals surface area contributed by atoms with Crippen molar-refractivity contribution in [1.29, 1.82) is 0 Å². The molecule has 108 valence electrons. The maximum atomic E-state index is 12.1. The third kappa shape index (κ3) is 3.27. The Morgan fingerprint density at radius 2 is 2.15 bits per heavy atom. The van der Waals surface area contributed by atoms with Crippen molar-refractivity contribution in [3.8, 4) is 0 Å². The molecule has 2 atom stereocenters. The van der Waals surface area contributed by atoms with E-state index in [1.54, 1.807) is 0 Å². The fourth-order valence-corrected chi connectivity index (χ4v) is 2.32. The Morgan fingerprint density at radius 3 is 2.90 bits per heavy atom. The SMILES string of the molecule is O=C(O)C(O)CCNC(=O)C1CCNc2ccccc21. The average molecular weight is 278 g/mol. The highest BCUT2D eigenvalue weighted by atomic mass is 16.4. The van der Waals surface area contributed by atoms with E-state index in [0.717, 1.165) is 17.8 Å². The lowest BCUT2D eigenvalue weighted by Gasteiger charge is -2.25. The molecule has 1 aliphatic heterocycles. The molecule has 0 aliphatic carbocycles. The van der Waals surface area contributed by atoms with Crippen molar-refractivity contribution >= 4 is 17.6 Å². The summed E-state index contributed by atoms with van der Waals surface area (Å²) in [6.45, 7) is 0.880. The van der Waals surface area contributed by atoms with Gasteiger partial charge in [-0.05, 0) is 18.1 Å². The van der Waals surface area contributed by atoms with E-state index in [0.29, 0.717) is 6.42 Å². The molecule has 2 unspecified atom stereocenters. The van der Waals surface area contributed by atoms with E-state index in [1.165, 1.54) is 0 Å². The molecule has 2 rings (SSSR count). The molecule has 1 amide bonds. The van der Waals surface area contributed by atoms with Gasteiger partial charge in [-0.2, -0.15) is 0 Å². The number of aliphatic hydroxyl groups excluding tert-OH is 1. The van der Waals surface area contributed by atoms with Gasteiger partial charge in [0.25, 0.3) is 0 Å². The Labute approximate surface area is 116 Å². The van der Waals surface area contributed by atoms with Crippen LogP contribution in [0.25, 0.3) is 0 Å². The van der Waals surface area contributed by atoms with Crippen molar-refractivity contribution in [2.75, 3.05) is 18.4 Å². The van der Waals surface area contributed by atoms with Gasteiger partial charge in [-0.1, -0.05) is 18.2 Å². The highest BCUT2D eigenvalue weighted by Gasteiger charge is 2.26. The Balaban J connectivity index is 1.92. The Kier molecular flexibility index (Phi) is 4.57. The molecule has 1 aliphatic rings. The van der Waals surface area contributed by atoms with E-state index in [4.69, 9.17) is 10.2 Å². The molecule has 1 aromatic carbocycles. The van der Waals surface area contributed by atoms with Gasteiger partial charge in [-0.15, -0.1) is 0 Å². The zero-order chi connectivity index (χ0) is 14.5. The van der Waals surface area contributed by atoms with E-state index in [-0.39, 0.29) is 24.8 Å². The number of hydrogen-bond acceptors (Lipinski definition) is 4. The van der Waals surface area contributed by atoms with Crippen LogP contribution in [-0.4, -0.2) is 41.3 Å². The van der Waals surface area contributed by atoms with E-state index in [9.17, 15) is 9.59 Å². The number of carboxylic acid groups (broad SMARTS) is 1. The normalized spacial score (nSPS) is 18.6. The van der Waals surface area contributed by atoms with Gasteiger partial charge >= 0.3 is 5.97 Å². The van der Waals surface area contributed by atoms with Crippen LogP contribution in [0.2, 0.25) is 0 Å². The number of hydrogen-bond donors (Lipinski definition) is 4. The van der Waals surface area contributed by atoms with Gasteiger partial charge < -0.3 is 20.8 Å². The van der Waals surface area contributed by atoms with Gasteiger partial charge in [0.05, 0.1) is 5.92 Å². The molecule has 20 heavy (non-hydrogen) atoms. The molecule has 1 heterocycles. The predicted molar refractivity (Wildman–Crippen MR) is 73.6 cm³/mol. The summed E-state index contributed by atoms with van der Waals surface area (Å²) in [5.74, 6) is -1.63. The average Bonchev–Trinajstić information content (AvgIpc) is 2.46. The Bertz CT molecular complexity index is 504. The second-order valence-corrected chi connectivity index (χ2v) is 4.79. The standard InChI is InChI=1S/C14H18N2O4/c17-12(14(19)20)6-8-16-13(18)10-5-7-15-11-4-2-1-3-9(10)11/h1-4,10,12,15,17H,5-8H2,(H,16,18)(H,19,20). The quantitative estimate of drug-likeness (QED) is 0.630. The van der Waals surface area contributed by atoms with Gasteiger partial charge in [0.1, 0.15) is 0 Å². The Hall–Kier alpha value is -2.08.